The number of esters is 2. The van der Waals surface area contributed by atoms with E-state index in [2.05, 4.69) is 0 Å². The van der Waals surface area contributed by atoms with Gasteiger partial charge in [-0.1, -0.05) is 0 Å². The largest absolute Gasteiger partial charge is 0.462 e. The van der Waals surface area contributed by atoms with E-state index in [4.69, 9.17) is 9.47 Å². The number of thioether (sulfide) groups is 1. The first-order valence-electron chi connectivity index (χ1n) is 7.14. The first kappa shape index (κ1) is 16.4. The molecule has 0 N–H and O–H groups in total. The Labute approximate surface area is 133 Å². The number of nitriles is 1. The Bertz CT molecular complexity index is 601. The van der Waals surface area contributed by atoms with E-state index in [9.17, 15) is 14.9 Å². The maximum absolute atomic E-state index is 12.1. The molecule has 0 aromatic carbocycles. The van der Waals surface area contributed by atoms with Gasteiger partial charge in [0.25, 0.3) is 0 Å². The van der Waals surface area contributed by atoms with Gasteiger partial charge < -0.3 is 14.4 Å². The first-order chi connectivity index (χ1) is 10.5. The number of hydrogen-bond acceptors (Lipinski definition) is 7. The van der Waals surface area contributed by atoms with E-state index >= 15 is 0 Å². The lowest BCUT2D eigenvalue weighted by Crippen LogP contribution is -2.19. The van der Waals surface area contributed by atoms with Crippen LogP contribution in [-0.4, -0.2) is 41.8 Å². The second-order valence-corrected chi connectivity index (χ2v) is 6.05. The molecule has 22 heavy (non-hydrogen) atoms. The number of carbonyl (C=O) groups is 2. The highest BCUT2D eigenvalue weighted by Gasteiger charge is 2.37. The van der Waals surface area contributed by atoms with Crippen molar-refractivity contribution >= 4 is 23.7 Å². The molecule has 2 rings (SSSR count). The highest BCUT2D eigenvalue weighted by Crippen LogP contribution is 2.44. The first-order valence-corrected chi connectivity index (χ1v) is 8.13. The molecule has 0 radical (unpaired) electrons. The number of nitrogens with zero attached hydrogens (tertiary/aromatic N) is 2. The summed E-state index contributed by atoms with van der Waals surface area (Å²) < 4.78 is 10.2. The molecule has 0 spiro atoms. The highest BCUT2D eigenvalue weighted by molar-refractivity contribution is 8.03. The molecular weight excluding hydrogens is 304 g/mol. The molecule has 0 aromatic heterocycles. The summed E-state index contributed by atoms with van der Waals surface area (Å²) in [6.45, 7) is 6.10. The van der Waals surface area contributed by atoms with Crippen LogP contribution in [-0.2, 0) is 19.1 Å². The summed E-state index contributed by atoms with van der Waals surface area (Å²) >= 11 is 1.45. The van der Waals surface area contributed by atoms with Crippen molar-refractivity contribution in [2.75, 3.05) is 18.9 Å². The Morgan fingerprint density at radius 2 is 2.18 bits per heavy atom. The normalized spacial score (nSPS) is 19.1. The Hall–Kier alpha value is -1.94. The summed E-state index contributed by atoms with van der Waals surface area (Å²) in [4.78, 5) is 25.8. The van der Waals surface area contributed by atoms with Crippen LogP contribution >= 0.6 is 11.8 Å². The van der Waals surface area contributed by atoms with Crippen molar-refractivity contribution in [1.82, 2.24) is 4.90 Å². The van der Waals surface area contributed by atoms with Gasteiger partial charge in [-0.3, -0.25) is 0 Å². The number of hydrogen-bond donors (Lipinski definition) is 0. The zero-order valence-corrected chi connectivity index (χ0v) is 13.7. The van der Waals surface area contributed by atoms with Gasteiger partial charge in [-0.25, -0.2) is 9.59 Å². The smallest absolute Gasteiger partial charge is 0.350 e. The van der Waals surface area contributed by atoms with Gasteiger partial charge in [0.2, 0.25) is 0 Å². The van der Waals surface area contributed by atoms with Gasteiger partial charge in [0, 0.05) is 18.7 Å². The SMILES string of the molecule is CCOC(=O)C(C#N)=C1CSC2=C(C(=O)OC(C)C)CCN12. The fourth-order valence-corrected chi connectivity index (χ4v) is 3.64. The average Bonchev–Trinajstić information content (AvgIpc) is 3.01. The van der Waals surface area contributed by atoms with Crippen LogP contribution in [0.3, 0.4) is 0 Å². The van der Waals surface area contributed by atoms with Crippen LogP contribution < -0.4 is 0 Å². The van der Waals surface area contributed by atoms with Crippen molar-refractivity contribution in [3.8, 4) is 6.07 Å². The molecule has 0 aromatic rings. The Balaban J connectivity index is 2.29. The number of carbonyl (C=O) groups excluding carboxylic acids is 2. The van der Waals surface area contributed by atoms with Crippen LogP contribution in [0.2, 0.25) is 0 Å². The van der Waals surface area contributed by atoms with Crippen molar-refractivity contribution in [3.05, 3.63) is 21.9 Å². The molecule has 2 aliphatic rings. The van der Waals surface area contributed by atoms with Crippen molar-refractivity contribution < 1.29 is 19.1 Å². The van der Waals surface area contributed by atoms with Crippen LogP contribution in [0.4, 0.5) is 0 Å². The van der Waals surface area contributed by atoms with Gasteiger partial charge in [-0.15, -0.1) is 11.8 Å². The predicted molar refractivity (Wildman–Crippen MR) is 81.3 cm³/mol. The molecule has 0 unspecified atom stereocenters. The third kappa shape index (κ3) is 3.12. The molecule has 2 aliphatic heterocycles. The highest BCUT2D eigenvalue weighted by atomic mass is 32.2. The van der Waals surface area contributed by atoms with E-state index in [1.54, 1.807) is 20.8 Å². The predicted octanol–water partition coefficient (Wildman–Crippen LogP) is 1.94. The number of fused-ring (bicyclic) bond motifs is 1. The fraction of sp³-hybridized carbons (Fsp3) is 0.533. The van der Waals surface area contributed by atoms with Gasteiger partial charge in [0.05, 0.1) is 29.0 Å². The van der Waals surface area contributed by atoms with E-state index in [0.717, 1.165) is 5.03 Å². The van der Waals surface area contributed by atoms with E-state index < -0.39 is 5.97 Å². The van der Waals surface area contributed by atoms with E-state index in [1.807, 2.05) is 11.0 Å². The summed E-state index contributed by atoms with van der Waals surface area (Å²) in [6, 6.07) is 1.93. The molecular formula is C15H18N2O4S. The minimum absolute atomic E-state index is 0.0165. The molecule has 0 bridgehead atoms. The lowest BCUT2D eigenvalue weighted by molar-refractivity contribution is -0.142. The van der Waals surface area contributed by atoms with Gasteiger partial charge in [-0.05, 0) is 20.8 Å². The Morgan fingerprint density at radius 1 is 1.45 bits per heavy atom. The summed E-state index contributed by atoms with van der Waals surface area (Å²) in [6.07, 6.45) is 0.379. The molecule has 1 saturated heterocycles. The molecule has 0 amide bonds. The van der Waals surface area contributed by atoms with Gasteiger partial charge in [0.1, 0.15) is 6.07 Å². The fourth-order valence-electron chi connectivity index (χ4n) is 2.35. The second kappa shape index (κ2) is 6.88. The maximum Gasteiger partial charge on any atom is 0.350 e. The van der Waals surface area contributed by atoms with E-state index in [-0.39, 0.29) is 24.3 Å². The quantitative estimate of drug-likeness (QED) is 0.444. The summed E-state index contributed by atoms with van der Waals surface area (Å²) in [5, 5.41) is 10.0. The van der Waals surface area contributed by atoms with E-state index in [0.29, 0.717) is 30.0 Å². The van der Waals surface area contributed by atoms with Crippen LogP contribution in [0.1, 0.15) is 27.2 Å². The Morgan fingerprint density at radius 3 is 2.77 bits per heavy atom. The van der Waals surface area contributed by atoms with Gasteiger partial charge >= 0.3 is 11.9 Å². The zero-order chi connectivity index (χ0) is 16.3. The molecule has 6 nitrogen and oxygen atoms in total. The maximum atomic E-state index is 12.1. The number of rotatable bonds is 4. The summed E-state index contributed by atoms with van der Waals surface area (Å²) in [5.74, 6) is -0.453. The molecule has 118 valence electrons. The second-order valence-electron chi connectivity index (χ2n) is 5.08. The van der Waals surface area contributed by atoms with Crippen LogP contribution in [0.25, 0.3) is 0 Å². The molecule has 0 aliphatic carbocycles. The zero-order valence-electron chi connectivity index (χ0n) is 12.8. The summed E-state index contributed by atoms with van der Waals surface area (Å²) in [7, 11) is 0. The lowest BCUT2D eigenvalue weighted by atomic mass is 10.2. The third-order valence-electron chi connectivity index (χ3n) is 3.23. The minimum atomic E-state index is -0.611. The molecule has 2 heterocycles. The van der Waals surface area contributed by atoms with Gasteiger partial charge in [0.15, 0.2) is 5.57 Å². The minimum Gasteiger partial charge on any atom is -0.462 e. The monoisotopic (exact) mass is 322 g/mol. The van der Waals surface area contributed by atoms with E-state index in [1.165, 1.54) is 11.8 Å². The van der Waals surface area contributed by atoms with Crippen LogP contribution in [0.5, 0.6) is 0 Å². The van der Waals surface area contributed by atoms with Gasteiger partial charge in [-0.2, -0.15) is 5.26 Å². The third-order valence-corrected chi connectivity index (χ3v) is 4.39. The van der Waals surface area contributed by atoms with Crippen LogP contribution in [0, 0.1) is 11.3 Å². The summed E-state index contributed by atoms with van der Waals surface area (Å²) in [5.41, 5.74) is 1.26. The van der Waals surface area contributed by atoms with Crippen molar-refractivity contribution in [2.24, 2.45) is 0 Å². The van der Waals surface area contributed by atoms with Crippen molar-refractivity contribution in [2.45, 2.75) is 33.3 Å². The topological polar surface area (TPSA) is 79.6 Å². The van der Waals surface area contributed by atoms with Crippen molar-refractivity contribution in [1.29, 1.82) is 5.26 Å². The average molecular weight is 322 g/mol. The molecule has 0 atom stereocenters. The van der Waals surface area contributed by atoms with Crippen molar-refractivity contribution in [3.63, 3.8) is 0 Å². The standard InChI is InChI=1S/C15H18N2O4S/c1-4-20-14(18)11(7-16)12-8-22-13-10(5-6-17(12)13)15(19)21-9(2)3/h9H,4-6,8H2,1-3H3. The molecule has 0 saturated carbocycles. The number of ether oxygens (including phenoxy) is 2. The Kier molecular flexibility index (Phi) is 5.14. The lowest BCUT2D eigenvalue weighted by Gasteiger charge is -2.15. The van der Waals surface area contributed by atoms with Crippen LogP contribution in [0.15, 0.2) is 21.9 Å². The molecule has 1 fully saturated rings. The molecule has 7 heteroatoms.